The van der Waals surface area contributed by atoms with E-state index in [0.717, 1.165) is 5.56 Å². The molecule has 116 valence electrons. The second-order valence-electron chi connectivity index (χ2n) is 5.08. The first-order chi connectivity index (χ1) is 11.1. The molecule has 0 fully saturated rings. The minimum atomic E-state index is -0.392. The van der Waals surface area contributed by atoms with E-state index in [9.17, 15) is 9.59 Å². The molecular weight excluding hydrogens is 314 g/mol. The number of carbonyl (C=O) groups excluding carboxylic acids is 1. The van der Waals surface area contributed by atoms with Gasteiger partial charge in [0.05, 0.1) is 5.52 Å². The summed E-state index contributed by atoms with van der Waals surface area (Å²) in [6.45, 7) is 0.445. The summed E-state index contributed by atoms with van der Waals surface area (Å²) in [6.07, 6.45) is 5.50. The van der Waals surface area contributed by atoms with Gasteiger partial charge in [0.1, 0.15) is 5.56 Å². The molecule has 0 aliphatic heterocycles. The van der Waals surface area contributed by atoms with E-state index in [0.29, 0.717) is 28.9 Å². The summed E-state index contributed by atoms with van der Waals surface area (Å²) in [5.74, 6) is -0.392. The smallest absolute Gasteiger partial charge is 0.256 e. The van der Waals surface area contributed by atoms with Crippen LogP contribution in [0.5, 0.6) is 0 Å². The third kappa shape index (κ3) is 3.40. The molecule has 0 spiro atoms. The lowest BCUT2D eigenvalue weighted by Crippen LogP contribution is -2.30. The number of pyridine rings is 2. The Morgan fingerprint density at radius 1 is 1.22 bits per heavy atom. The van der Waals surface area contributed by atoms with Gasteiger partial charge in [-0.1, -0.05) is 11.6 Å². The highest BCUT2D eigenvalue weighted by Gasteiger charge is 2.12. The number of rotatable bonds is 4. The van der Waals surface area contributed by atoms with Crippen LogP contribution in [0.2, 0.25) is 5.02 Å². The molecule has 0 saturated carbocycles. The maximum atomic E-state index is 12.4. The van der Waals surface area contributed by atoms with Crippen molar-refractivity contribution in [1.29, 1.82) is 0 Å². The Hall–Kier alpha value is -2.66. The number of carbonyl (C=O) groups is 1. The van der Waals surface area contributed by atoms with Crippen LogP contribution < -0.4 is 10.7 Å². The van der Waals surface area contributed by atoms with Crippen LogP contribution in [0.4, 0.5) is 0 Å². The number of benzene rings is 1. The van der Waals surface area contributed by atoms with Crippen LogP contribution in [0.15, 0.2) is 53.7 Å². The van der Waals surface area contributed by atoms with Crippen molar-refractivity contribution in [2.45, 2.75) is 6.42 Å². The van der Waals surface area contributed by atoms with Gasteiger partial charge in [0, 0.05) is 35.5 Å². The van der Waals surface area contributed by atoms with E-state index < -0.39 is 5.91 Å². The average Bonchev–Trinajstić information content (AvgIpc) is 2.56. The Morgan fingerprint density at radius 3 is 2.78 bits per heavy atom. The fourth-order valence-corrected chi connectivity index (χ4v) is 2.50. The van der Waals surface area contributed by atoms with Crippen molar-refractivity contribution in [3.8, 4) is 0 Å². The van der Waals surface area contributed by atoms with Crippen molar-refractivity contribution in [3.63, 3.8) is 0 Å². The van der Waals surface area contributed by atoms with Gasteiger partial charge in [-0.15, -0.1) is 0 Å². The summed E-state index contributed by atoms with van der Waals surface area (Å²) < 4.78 is 0. The molecule has 5 nitrogen and oxygen atoms in total. The molecule has 0 aliphatic rings. The van der Waals surface area contributed by atoms with Crippen molar-refractivity contribution >= 4 is 28.4 Å². The lowest BCUT2D eigenvalue weighted by Gasteiger charge is -2.06. The fraction of sp³-hybridized carbons (Fsp3) is 0.118. The van der Waals surface area contributed by atoms with Gasteiger partial charge in [-0.2, -0.15) is 0 Å². The first kappa shape index (κ1) is 15.2. The number of H-pyrrole nitrogens is 1. The maximum absolute atomic E-state index is 12.4. The van der Waals surface area contributed by atoms with Gasteiger partial charge in [-0.3, -0.25) is 14.6 Å². The molecule has 0 bridgehead atoms. The molecule has 2 heterocycles. The van der Waals surface area contributed by atoms with E-state index in [1.54, 1.807) is 30.6 Å². The number of halogens is 1. The summed E-state index contributed by atoms with van der Waals surface area (Å²) in [5.41, 5.74) is 1.46. The van der Waals surface area contributed by atoms with E-state index in [1.165, 1.54) is 6.20 Å². The van der Waals surface area contributed by atoms with Gasteiger partial charge in [0.15, 0.2) is 0 Å². The van der Waals surface area contributed by atoms with Crippen LogP contribution in [0.1, 0.15) is 15.9 Å². The van der Waals surface area contributed by atoms with Gasteiger partial charge in [0.2, 0.25) is 5.43 Å². The second-order valence-corrected chi connectivity index (χ2v) is 5.52. The predicted molar refractivity (Wildman–Crippen MR) is 89.9 cm³/mol. The number of aromatic nitrogens is 2. The first-order valence-corrected chi connectivity index (χ1v) is 7.51. The summed E-state index contributed by atoms with van der Waals surface area (Å²) in [6, 6.07) is 8.68. The molecule has 0 atom stereocenters. The number of fused-ring (bicyclic) bond motifs is 1. The molecule has 0 saturated heterocycles. The second kappa shape index (κ2) is 6.62. The molecule has 3 rings (SSSR count). The fourth-order valence-electron chi connectivity index (χ4n) is 2.33. The third-order valence-electron chi connectivity index (χ3n) is 3.54. The molecule has 1 amide bonds. The highest BCUT2D eigenvalue weighted by molar-refractivity contribution is 6.31. The van der Waals surface area contributed by atoms with Crippen LogP contribution in [0.3, 0.4) is 0 Å². The Labute approximate surface area is 137 Å². The zero-order valence-electron chi connectivity index (χ0n) is 12.2. The summed E-state index contributed by atoms with van der Waals surface area (Å²) in [4.78, 5) is 31.5. The standard InChI is InChI=1S/C17H14ClN3O2/c18-12-1-2-13-15(9-12)21-10-14(16(13)22)17(23)20-8-5-11-3-6-19-7-4-11/h1-4,6-7,9-10H,5,8H2,(H,20,23)(H,21,22). The van der Waals surface area contributed by atoms with Crippen LogP contribution in [-0.2, 0) is 6.42 Å². The molecule has 0 radical (unpaired) electrons. The summed E-state index contributed by atoms with van der Waals surface area (Å²) >= 11 is 5.89. The number of aromatic amines is 1. The Kier molecular flexibility index (Phi) is 4.39. The first-order valence-electron chi connectivity index (χ1n) is 7.13. The quantitative estimate of drug-likeness (QED) is 0.773. The number of hydrogen-bond acceptors (Lipinski definition) is 3. The number of hydrogen-bond donors (Lipinski definition) is 2. The largest absolute Gasteiger partial charge is 0.360 e. The number of nitrogens with zero attached hydrogens (tertiary/aromatic N) is 1. The molecular formula is C17H14ClN3O2. The zero-order valence-corrected chi connectivity index (χ0v) is 12.9. The van der Waals surface area contributed by atoms with E-state index in [-0.39, 0.29) is 11.0 Å². The molecule has 0 aliphatic carbocycles. The van der Waals surface area contributed by atoms with Crippen LogP contribution in [0.25, 0.3) is 10.9 Å². The van der Waals surface area contributed by atoms with Crippen molar-refractivity contribution < 1.29 is 4.79 Å². The van der Waals surface area contributed by atoms with Crippen LogP contribution in [-0.4, -0.2) is 22.4 Å². The van der Waals surface area contributed by atoms with Gasteiger partial charge in [-0.05, 0) is 42.3 Å². The lowest BCUT2D eigenvalue weighted by molar-refractivity contribution is 0.0953. The van der Waals surface area contributed by atoms with Gasteiger partial charge in [0.25, 0.3) is 5.91 Å². The Bertz CT molecular complexity index is 907. The highest BCUT2D eigenvalue weighted by Crippen LogP contribution is 2.15. The molecule has 6 heteroatoms. The summed E-state index contributed by atoms with van der Waals surface area (Å²) in [5, 5.41) is 3.73. The maximum Gasteiger partial charge on any atom is 0.256 e. The SMILES string of the molecule is O=C(NCCc1ccncc1)c1c[nH]c2cc(Cl)ccc2c1=O. The van der Waals surface area contributed by atoms with Crippen molar-refractivity contribution in [3.05, 3.63) is 75.3 Å². The average molecular weight is 328 g/mol. The van der Waals surface area contributed by atoms with E-state index in [2.05, 4.69) is 15.3 Å². The van der Waals surface area contributed by atoms with E-state index in [4.69, 9.17) is 11.6 Å². The molecule has 2 aromatic heterocycles. The summed E-state index contributed by atoms with van der Waals surface area (Å²) in [7, 11) is 0. The van der Waals surface area contributed by atoms with Crippen molar-refractivity contribution in [2.24, 2.45) is 0 Å². The van der Waals surface area contributed by atoms with E-state index in [1.807, 2.05) is 12.1 Å². The van der Waals surface area contributed by atoms with Gasteiger partial charge in [-0.25, -0.2) is 0 Å². The normalized spacial score (nSPS) is 10.7. The molecule has 0 unspecified atom stereocenters. The molecule has 1 aromatic carbocycles. The van der Waals surface area contributed by atoms with Gasteiger partial charge < -0.3 is 10.3 Å². The minimum absolute atomic E-state index is 0.0922. The zero-order chi connectivity index (χ0) is 16.2. The molecule has 3 aromatic rings. The third-order valence-corrected chi connectivity index (χ3v) is 3.77. The Balaban J connectivity index is 1.75. The topological polar surface area (TPSA) is 74.8 Å². The van der Waals surface area contributed by atoms with Crippen LogP contribution in [0, 0.1) is 0 Å². The number of nitrogens with one attached hydrogen (secondary N) is 2. The Morgan fingerprint density at radius 2 is 2.00 bits per heavy atom. The predicted octanol–water partition coefficient (Wildman–Crippen LogP) is 2.55. The minimum Gasteiger partial charge on any atom is -0.360 e. The van der Waals surface area contributed by atoms with Crippen molar-refractivity contribution in [2.75, 3.05) is 6.54 Å². The monoisotopic (exact) mass is 327 g/mol. The van der Waals surface area contributed by atoms with Gasteiger partial charge >= 0.3 is 0 Å². The van der Waals surface area contributed by atoms with E-state index >= 15 is 0 Å². The molecule has 23 heavy (non-hydrogen) atoms. The lowest BCUT2D eigenvalue weighted by atomic mass is 10.1. The number of amides is 1. The highest BCUT2D eigenvalue weighted by atomic mass is 35.5. The van der Waals surface area contributed by atoms with Crippen molar-refractivity contribution in [1.82, 2.24) is 15.3 Å². The van der Waals surface area contributed by atoms with Crippen LogP contribution >= 0.6 is 11.6 Å². The molecule has 2 N–H and O–H groups in total.